The number of hydrogen-bond donors (Lipinski definition) is 2. The van der Waals surface area contributed by atoms with Crippen molar-refractivity contribution in [2.75, 3.05) is 13.1 Å². The number of urea groups is 1. The largest absolute Gasteiger partial charge is 0.357 e. The van der Waals surface area contributed by atoms with E-state index in [1.807, 2.05) is 4.90 Å². The molecule has 2 aromatic rings. The molecule has 2 fully saturated rings. The monoisotopic (exact) mass is 297 g/mol. The van der Waals surface area contributed by atoms with Gasteiger partial charge in [0.15, 0.2) is 0 Å². The number of carbonyl (C=O) groups is 1. The van der Waals surface area contributed by atoms with Gasteiger partial charge in [-0.25, -0.2) is 4.79 Å². The predicted octanol–water partition coefficient (Wildman–Crippen LogP) is 3.52. The third-order valence-electron chi connectivity index (χ3n) is 4.91. The van der Waals surface area contributed by atoms with Crippen LogP contribution in [0.4, 0.5) is 4.79 Å². The first-order valence-corrected chi connectivity index (χ1v) is 8.42. The molecule has 1 aliphatic carbocycles. The fraction of sp³-hybridized carbons (Fsp3) is 0.500. The van der Waals surface area contributed by atoms with Crippen LogP contribution in [-0.2, 0) is 13.0 Å². The highest BCUT2D eigenvalue weighted by molar-refractivity contribution is 5.83. The van der Waals surface area contributed by atoms with Crippen LogP contribution in [0.1, 0.15) is 48.9 Å². The second-order valence-corrected chi connectivity index (χ2v) is 6.56. The number of benzene rings is 1. The first-order valence-electron chi connectivity index (χ1n) is 8.42. The zero-order valence-electron chi connectivity index (χ0n) is 13.1. The predicted molar refractivity (Wildman–Crippen MR) is 88.1 cm³/mol. The van der Waals surface area contributed by atoms with E-state index in [0.717, 1.165) is 37.5 Å². The summed E-state index contributed by atoms with van der Waals surface area (Å²) in [5, 5.41) is 4.27. The molecule has 1 saturated carbocycles. The van der Waals surface area contributed by atoms with Crippen molar-refractivity contribution in [2.45, 2.75) is 45.1 Å². The van der Waals surface area contributed by atoms with Crippen molar-refractivity contribution in [1.82, 2.24) is 15.2 Å². The Morgan fingerprint density at radius 1 is 1.32 bits per heavy atom. The van der Waals surface area contributed by atoms with Gasteiger partial charge in [0.1, 0.15) is 0 Å². The van der Waals surface area contributed by atoms with Crippen molar-refractivity contribution < 1.29 is 4.79 Å². The lowest BCUT2D eigenvalue weighted by atomic mass is 9.99. The summed E-state index contributed by atoms with van der Waals surface area (Å²) in [6.45, 7) is 4.58. The van der Waals surface area contributed by atoms with Gasteiger partial charge in [-0.15, -0.1) is 0 Å². The van der Waals surface area contributed by atoms with Crippen molar-refractivity contribution in [1.29, 1.82) is 0 Å². The molecule has 4 rings (SSSR count). The maximum absolute atomic E-state index is 11.9. The fourth-order valence-electron chi connectivity index (χ4n) is 3.28. The molecule has 0 bridgehead atoms. The average Bonchev–Trinajstić information content (AvgIpc) is 3.22. The topological polar surface area (TPSA) is 48.1 Å². The molecule has 1 aromatic carbocycles. The molecule has 22 heavy (non-hydrogen) atoms. The number of fused-ring (bicyclic) bond motifs is 1. The van der Waals surface area contributed by atoms with Gasteiger partial charge in [0, 0.05) is 29.7 Å². The highest BCUT2D eigenvalue weighted by Gasteiger charge is 2.26. The Morgan fingerprint density at radius 2 is 2.14 bits per heavy atom. The van der Waals surface area contributed by atoms with Crippen LogP contribution >= 0.6 is 0 Å². The summed E-state index contributed by atoms with van der Waals surface area (Å²) in [5.74, 6) is 0.781. The van der Waals surface area contributed by atoms with Gasteiger partial charge >= 0.3 is 6.03 Å². The van der Waals surface area contributed by atoms with Crippen molar-refractivity contribution in [2.24, 2.45) is 0 Å². The molecule has 2 heterocycles. The van der Waals surface area contributed by atoms with Crippen molar-refractivity contribution in [3.8, 4) is 0 Å². The maximum Gasteiger partial charge on any atom is 0.317 e. The van der Waals surface area contributed by atoms with Crippen molar-refractivity contribution >= 4 is 16.9 Å². The van der Waals surface area contributed by atoms with Crippen LogP contribution in [0.25, 0.3) is 10.9 Å². The van der Waals surface area contributed by atoms with E-state index < -0.39 is 0 Å². The molecule has 0 atom stereocenters. The number of rotatable bonds is 4. The summed E-state index contributed by atoms with van der Waals surface area (Å²) in [4.78, 5) is 17.2. The second-order valence-electron chi connectivity index (χ2n) is 6.56. The molecule has 2 N–H and O–H groups in total. The van der Waals surface area contributed by atoms with Gasteiger partial charge in [-0.2, -0.15) is 0 Å². The van der Waals surface area contributed by atoms with Crippen molar-refractivity contribution in [3.63, 3.8) is 0 Å². The Kier molecular flexibility index (Phi) is 3.32. The molecular formula is C18H23N3O. The number of carbonyl (C=O) groups excluding carboxylic acids is 1. The minimum Gasteiger partial charge on any atom is -0.357 e. The first-order chi connectivity index (χ1) is 10.7. The summed E-state index contributed by atoms with van der Waals surface area (Å²) in [5.41, 5.74) is 5.27. The van der Waals surface area contributed by atoms with Gasteiger partial charge in [0.05, 0.1) is 6.54 Å². The van der Waals surface area contributed by atoms with Gasteiger partial charge in [0.25, 0.3) is 0 Å². The molecule has 1 saturated heterocycles. The summed E-state index contributed by atoms with van der Waals surface area (Å²) in [7, 11) is 0. The molecule has 4 nitrogen and oxygen atoms in total. The Hall–Kier alpha value is -1.97. The molecule has 116 valence electrons. The highest BCUT2D eigenvalue weighted by Crippen LogP contribution is 2.43. The van der Waals surface area contributed by atoms with Crippen molar-refractivity contribution in [3.05, 3.63) is 35.0 Å². The van der Waals surface area contributed by atoms with Crippen LogP contribution in [0.5, 0.6) is 0 Å². The van der Waals surface area contributed by atoms with Crippen LogP contribution in [-0.4, -0.2) is 29.0 Å². The molecule has 4 heteroatoms. The van der Waals surface area contributed by atoms with Crippen LogP contribution in [0.2, 0.25) is 0 Å². The number of likely N-dealkylation sites (tertiary alicyclic amines) is 1. The van der Waals surface area contributed by atoms with E-state index in [1.165, 1.54) is 34.9 Å². The first kappa shape index (κ1) is 13.7. The normalized spacial score (nSPS) is 17.6. The van der Waals surface area contributed by atoms with E-state index in [0.29, 0.717) is 6.54 Å². The van der Waals surface area contributed by atoms with Gasteiger partial charge < -0.3 is 15.2 Å². The Morgan fingerprint density at radius 3 is 2.77 bits per heavy atom. The number of H-pyrrole nitrogens is 1. The summed E-state index contributed by atoms with van der Waals surface area (Å²) in [6, 6.07) is 6.88. The quantitative estimate of drug-likeness (QED) is 0.891. The maximum atomic E-state index is 11.9. The molecule has 0 spiro atoms. The SMILES string of the molecule is CCc1cc2[nH]c(CNC(=O)N3CCC3)cc2cc1C1CC1. The number of aromatic nitrogens is 1. The number of aromatic amines is 1. The lowest BCUT2D eigenvalue weighted by Crippen LogP contribution is -2.47. The molecule has 2 aliphatic rings. The van der Waals surface area contributed by atoms with Gasteiger partial charge in [-0.3, -0.25) is 0 Å². The van der Waals surface area contributed by atoms with Crippen LogP contribution in [0, 0.1) is 0 Å². The zero-order chi connectivity index (χ0) is 15.1. The fourth-order valence-corrected chi connectivity index (χ4v) is 3.28. The minimum atomic E-state index is 0.0535. The van der Waals surface area contributed by atoms with E-state index in [-0.39, 0.29) is 6.03 Å². The Balaban J connectivity index is 1.53. The number of aryl methyl sites for hydroxylation is 1. The number of hydrogen-bond acceptors (Lipinski definition) is 1. The minimum absolute atomic E-state index is 0.0535. The summed E-state index contributed by atoms with van der Waals surface area (Å²) < 4.78 is 0. The number of amides is 2. The van der Waals surface area contributed by atoms with E-state index in [9.17, 15) is 4.79 Å². The third kappa shape index (κ3) is 2.47. The third-order valence-corrected chi connectivity index (χ3v) is 4.91. The second kappa shape index (κ2) is 5.34. The Bertz CT molecular complexity index is 710. The van der Waals surface area contributed by atoms with Gasteiger partial charge in [-0.05, 0) is 60.9 Å². The zero-order valence-corrected chi connectivity index (χ0v) is 13.1. The lowest BCUT2D eigenvalue weighted by Gasteiger charge is -2.30. The molecule has 1 aromatic heterocycles. The average molecular weight is 297 g/mol. The van der Waals surface area contributed by atoms with E-state index in [1.54, 1.807) is 0 Å². The summed E-state index contributed by atoms with van der Waals surface area (Å²) in [6.07, 6.45) is 4.88. The number of nitrogens with one attached hydrogen (secondary N) is 2. The number of nitrogens with zero attached hydrogens (tertiary/aromatic N) is 1. The Labute approximate surface area is 130 Å². The lowest BCUT2D eigenvalue weighted by molar-refractivity contribution is 0.167. The van der Waals surface area contributed by atoms with E-state index >= 15 is 0 Å². The van der Waals surface area contributed by atoms with E-state index in [4.69, 9.17) is 0 Å². The van der Waals surface area contributed by atoms with E-state index in [2.05, 4.69) is 35.4 Å². The van der Waals surface area contributed by atoms with Gasteiger partial charge in [0.2, 0.25) is 0 Å². The van der Waals surface area contributed by atoms with Gasteiger partial charge in [-0.1, -0.05) is 6.92 Å². The standard InChI is InChI=1S/C18H23N3O/c1-2-12-10-17-14(9-16(12)13-4-5-13)8-15(20-17)11-19-18(22)21-6-3-7-21/h8-10,13,20H,2-7,11H2,1H3,(H,19,22). The molecule has 1 aliphatic heterocycles. The molecule has 0 radical (unpaired) electrons. The molecule has 2 amide bonds. The molecule has 0 unspecified atom stereocenters. The van der Waals surface area contributed by atoms with Crippen LogP contribution in [0.15, 0.2) is 18.2 Å². The van der Waals surface area contributed by atoms with Crippen LogP contribution < -0.4 is 5.32 Å². The smallest absolute Gasteiger partial charge is 0.317 e. The highest BCUT2D eigenvalue weighted by atomic mass is 16.2. The molecular weight excluding hydrogens is 274 g/mol. The van der Waals surface area contributed by atoms with Crippen LogP contribution in [0.3, 0.4) is 0 Å². The summed E-state index contributed by atoms with van der Waals surface area (Å²) >= 11 is 0.